The summed E-state index contributed by atoms with van der Waals surface area (Å²) in [6.07, 6.45) is 6.80. The second-order valence-corrected chi connectivity index (χ2v) is 7.87. The molecule has 2 aliphatic heterocycles. The molecular formula is C22H30N6O. The van der Waals surface area contributed by atoms with E-state index in [4.69, 9.17) is 4.99 Å². The largest absolute Gasteiger partial charge is 0.357 e. The van der Waals surface area contributed by atoms with E-state index in [0.717, 1.165) is 56.2 Å². The van der Waals surface area contributed by atoms with E-state index >= 15 is 0 Å². The molecule has 1 atom stereocenters. The van der Waals surface area contributed by atoms with E-state index in [1.165, 1.54) is 5.56 Å². The Morgan fingerprint density at radius 2 is 2.24 bits per heavy atom. The number of hydrogen-bond donors (Lipinski definition) is 1. The first-order valence-corrected chi connectivity index (χ1v) is 10.5. The number of amides is 1. The van der Waals surface area contributed by atoms with Gasteiger partial charge in [0.05, 0.1) is 12.7 Å². The average molecular weight is 395 g/mol. The van der Waals surface area contributed by atoms with Crippen molar-refractivity contribution in [3.8, 4) is 0 Å². The Labute approximate surface area is 172 Å². The number of aliphatic imine (C=N–C) groups is 1. The van der Waals surface area contributed by atoms with E-state index in [-0.39, 0.29) is 5.91 Å². The van der Waals surface area contributed by atoms with E-state index in [9.17, 15) is 4.79 Å². The molecule has 7 nitrogen and oxygen atoms in total. The summed E-state index contributed by atoms with van der Waals surface area (Å²) in [6, 6.07) is 8.21. The van der Waals surface area contributed by atoms with Gasteiger partial charge in [-0.15, -0.1) is 0 Å². The maximum absolute atomic E-state index is 12.0. The SMILES string of the molecule is CCNC(=NCc1cccc(N2CCCC2=O)c1)N1CCC(c2cnn(C)c2)C1. The zero-order valence-electron chi connectivity index (χ0n) is 17.3. The minimum Gasteiger partial charge on any atom is -0.357 e. The molecule has 154 valence electrons. The van der Waals surface area contributed by atoms with Gasteiger partial charge in [-0.3, -0.25) is 9.48 Å². The molecule has 2 saturated heterocycles. The molecule has 4 rings (SSSR count). The van der Waals surface area contributed by atoms with Gasteiger partial charge in [-0.2, -0.15) is 5.10 Å². The number of rotatable bonds is 5. The van der Waals surface area contributed by atoms with Crippen molar-refractivity contribution in [1.29, 1.82) is 0 Å². The monoisotopic (exact) mass is 394 g/mol. The quantitative estimate of drug-likeness (QED) is 0.625. The fourth-order valence-electron chi connectivity index (χ4n) is 4.21. The lowest BCUT2D eigenvalue weighted by atomic mass is 10.0. The maximum Gasteiger partial charge on any atom is 0.227 e. The summed E-state index contributed by atoms with van der Waals surface area (Å²) in [7, 11) is 1.96. The number of carbonyl (C=O) groups is 1. The molecular weight excluding hydrogens is 364 g/mol. The van der Waals surface area contributed by atoms with E-state index < -0.39 is 0 Å². The number of guanidine groups is 1. The minimum absolute atomic E-state index is 0.220. The average Bonchev–Trinajstić information content (AvgIpc) is 3.46. The van der Waals surface area contributed by atoms with Crippen LogP contribution in [-0.2, 0) is 18.4 Å². The highest BCUT2D eigenvalue weighted by molar-refractivity contribution is 5.95. The van der Waals surface area contributed by atoms with E-state index in [1.54, 1.807) is 0 Å². The number of likely N-dealkylation sites (tertiary alicyclic amines) is 1. The summed E-state index contributed by atoms with van der Waals surface area (Å²) in [4.78, 5) is 21.2. The smallest absolute Gasteiger partial charge is 0.227 e. The molecule has 1 amide bonds. The number of aryl methyl sites for hydroxylation is 1. The zero-order chi connectivity index (χ0) is 20.2. The van der Waals surface area contributed by atoms with Crippen molar-refractivity contribution >= 4 is 17.6 Å². The molecule has 2 fully saturated rings. The predicted octanol–water partition coefficient (Wildman–Crippen LogP) is 2.50. The number of carbonyl (C=O) groups excluding carboxylic acids is 1. The molecule has 0 radical (unpaired) electrons. The molecule has 7 heteroatoms. The number of anilines is 1. The molecule has 3 heterocycles. The van der Waals surface area contributed by atoms with Crippen molar-refractivity contribution in [2.45, 2.75) is 38.6 Å². The molecule has 29 heavy (non-hydrogen) atoms. The van der Waals surface area contributed by atoms with Gasteiger partial charge >= 0.3 is 0 Å². The molecule has 0 bridgehead atoms. The lowest BCUT2D eigenvalue weighted by molar-refractivity contribution is -0.117. The van der Waals surface area contributed by atoms with Gasteiger partial charge in [-0.05, 0) is 43.0 Å². The molecule has 1 aromatic heterocycles. The van der Waals surface area contributed by atoms with Gasteiger partial charge in [0, 0.05) is 57.4 Å². The topological polar surface area (TPSA) is 65.8 Å². The third-order valence-corrected chi connectivity index (χ3v) is 5.73. The summed E-state index contributed by atoms with van der Waals surface area (Å²) in [5.41, 5.74) is 3.41. The van der Waals surface area contributed by atoms with Crippen LogP contribution in [0.5, 0.6) is 0 Å². The number of hydrogen-bond acceptors (Lipinski definition) is 3. The molecule has 2 aromatic rings. The normalized spacial score (nSPS) is 20.0. The van der Waals surface area contributed by atoms with Crippen molar-refractivity contribution < 1.29 is 4.79 Å². The van der Waals surface area contributed by atoms with Crippen LogP contribution in [0.15, 0.2) is 41.7 Å². The third-order valence-electron chi connectivity index (χ3n) is 5.73. The molecule has 1 N–H and O–H groups in total. The van der Waals surface area contributed by atoms with E-state index in [2.05, 4.69) is 40.6 Å². The lowest BCUT2D eigenvalue weighted by Crippen LogP contribution is -2.40. The van der Waals surface area contributed by atoms with Gasteiger partial charge in [0.2, 0.25) is 5.91 Å². The molecule has 1 aromatic carbocycles. The first kappa shape index (κ1) is 19.5. The highest BCUT2D eigenvalue weighted by atomic mass is 16.2. The lowest BCUT2D eigenvalue weighted by Gasteiger charge is -2.22. The van der Waals surface area contributed by atoms with Crippen LogP contribution in [-0.4, -0.2) is 52.7 Å². The number of aromatic nitrogens is 2. The Morgan fingerprint density at radius 1 is 1.34 bits per heavy atom. The Kier molecular flexibility index (Phi) is 5.83. The standard InChI is InChI=1S/C22H30N6O/c1-3-23-22(27-11-9-18(16-27)19-14-25-26(2)15-19)24-13-17-6-4-7-20(12-17)28-10-5-8-21(28)29/h4,6-7,12,14-15,18H,3,5,8-11,13,16H2,1-2H3,(H,23,24). The highest BCUT2D eigenvalue weighted by Gasteiger charge is 2.27. The van der Waals surface area contributed by atoms with Gasteiger partial charge in [-0.25, -0.2) is 4.99 Å². The zero-order valence-corrected chi connectivity index (χ0v) is 17.3. The van der Waals surface area contributed by atoms with Crippen LogP contribution in [0, 0.1) is 0 Å². The summed E-state index contributed by atoms with van der Waals surface area (Å²) in [5.74, 6) is 1.68. The van der Waals surface area contributed by atoms with Crippen LogP contribution >= 0.6 is 0 Å². The van der Waals surface area contributed by atoms with Crippen molar-refractivity contribution in [2.24, 2.45) is 12.0 Å². The van der Waals surface area contributed by atoms with Crippen LogP contribution in [0.25, 0.3) is 0 Å². The van der Waals surface area contributed by atoms with Crippen molar-refractivity contribution in [1.82, 2.24) is 20.0 Å². The van der Waals surface area contributed by atoms with E-state index in [1.807, 2.05) is 35.0 Å². The number of nitrogens with one attached hydrogen (secondary N) is 1. The Bertz CT molecular complexity index is 889. The second-order valence-electron chi connectivity index (χ2n) is 7.87. The first-order valence-electron chi connectivity index (χ1n) is 10.5. The van der Waals surface area contributed by atoms with Gasteiger partial charge < -0.3 is 15.1 Å². The van der Waals surface area contributed by atoms with Gasteiger partial charge in [0.15, 0.2) is 5.96 Å². The van der Waals surface area contributed by atoms with Crippen LogP contribution in [0.1, 0.15) is 43.2 Å². The summed E-state index contributed by atoms with van der Waals surface area (Å²) >= 11 is 0. The Hall–Kier alpha value is -2.83. The highest BCUT2D eigenvalue weighted by Crippen LogP contribution is 2.27. The summed E-state index contributed by atoms with van der Waals surface area (Å²) < 4.78 is 1.87. The molecule has 1 unspecified atom stereocenters. The third kappa shape index (κ3) is 4.44. The van der Waals surface area contributed by atoms with Crippen molar-refractivity contribution in [2.75, 3.05) is 31.1 Å². The van der Waals surface area contributed by atoms with Gasteiger partial charge in [0.25, 0.3) is 0 Å². The van der Waals surface area contributed by atoms with Crippen molar-refractivity contribution in [3.05, 3.63) is 47.8 Å². The van der Waals surface area contributed by atoms with Crippen LogP contribution < -0.4 is 10.2 Å². The van der Waals surface area contributed by atoms with Crippen LogP contribution in [0.4, 0.5) is 5.69 Å². The molecule has 2 aliphatic rings. The van der Waals surface area contributed by atoms with Crippen molar-refractivity contribution in [3.63, 3.8) is 0 Å². The number of benzene rings is 1. The Balaban J connectivity index is 1.44. The van der Waals surface area contributed by atoms with E-state index in [0.29, 0.717) is 18.9 Å². The maximum atomic E-state index is 12.0. The fraction of sp³-hybridized carbons (Fsp3) is 0.500. The molecule has 0 spiro atoms. The second kappa shape index (κ2) is 8.68. The molecule has 0 aliphatic carbocycles. The Morgan fingerprint density at radius 3 is 2.97 bits per heavy atom. The predicted molar refractivity (Wildman–Crippen MR) is 115 cm³/mol. The van der Waals surface area contributed by atoms with Gasteiger partial charge in [-0.1, -0.05) is 12.1 Å². The first-order chi connectivity index (χ1) is 14.1. The van der Waals surface area contributed by atoms with Crippen LogP contribution in [0.2, 0.25) is 0 Å². The summed E-state index contributed by atoms with van der Waals surface area (Å²) in [5, 5.41) is 7.75. The fourth-order valence-corrected chi connectivity index (χ4v) is 4.21. The number of nitrogens with zero attached hydrogens (tertiary/aromatic N) is 5. The summed E-state index contributed by atoms with van der Waals surface area (Å²) in [6.45, 7) is 6.32. The minimum atomic E-state index is 0.220. The van der Waals surface area contributed by atoms with Gasteiger partial charge in [0.1, 0.15) is 0 Å². The van der Waals surface area contributed by atoms with Crippen LogP contribution in [0.3, 0.4) is 0 Å². The molecule has 0 saturated carbocycles.